The van der Waals surface area contributed by atoms with Gasteiger partial charge in [0.15, 0.2) is 0 Å². The van der Waals surface area contributed by atoms with Gasteiger partial charge >= 0.3 is 0 Å². The molecular weight excluding hydrogens is 362 g/mol. The third-order valence-electron chi connectivity index (χ3n) is 4.93. The van der Waals surface area contributed by atoms with Gasteiger partial charge in [-0.1, -0.05) is 46.8 Å². The van der Waals surface area contributed by atoms with Crippen LogP contribution in [0.1, 0.15) is 63.8 Å². The topological polar surface area (TPSA) is 75.1 Å². The van der Waals surface area contributed by atoms with E-state index in [1.54, 1.807) is 18.6 Å². The van der Waals surface area contributed by atoms with E-state index in [0.717, 1.165) is 16.5 Å². The largest absolute Gasteiger partial charge is 0.505 e. The Morgan fingerprint density at radius 2 is 1.90 bits per heavy atom. The van der Waals surface area contributed by atoms with Crippen LogP contribution in [0.2, 0.25) is 0 Å². The van der Waals surface area contributed by atoms with Crippen LogP contribution < -0.4 is 5.32 Å². The highest BCUT2D eigenvalue weighted by Crippen LogP contribution is 2.40. The highest BCUT2D eigenvalue weighted by molar-refractivity contribution is 5.90. The second-order valence-corrected chi connectivity index (χ2v) is 8.90. The molecule has 1 atom stereocenters. The first-order valence-corrected chi connectivity index (χ1v) is 9.99. The summed E-state index contributed by atoms with van der Waals surface area (Å²) in [5.74, 6) is 0.264. The lowest BCUT2D eigenvalue weighted by Crippen LogP contribution is -2.30. The molecule has 3 rings (SSSR count). The number of hydrogen-bond acceptors (Lipinski definition) is 4. The van der Waals surface area contributed by atoms with Crippen LogP contribution in [-0.4, -0.2) is 21.0 Å². The highest BCUT2D eigenvalue weighted by atomic mass is 16.3. The fourth-order valence-electron chi connectivity index (χ4n) is 3.57. The summed E-state index contributed by atoms with van der Waals surface area (Å²) in [5.41, 5.74) is 2.90. The molecule has 0 fully saturated rings. The molecule has 152 valence electrons. The number of nitrogens with one attached hydrogen (secondary N) is 1. The molecule has 2 heterocycles. The van der Waals surface area contributed by atoms with Crippen molar-refractivity contribution in [1.82, 2.24) is 15.3 Å². The number of hydrogen-bond donors (Lipinski definition) is 2. The van der Waals surface area contributed by atoms with E-state index in [4.69, 9.17) is 0 Å². The molecule has 1 unspecified atom stereocenters. The van der Waals surface area contributed by atoms with E-state index in [9.17, 15) is 9.90 Å². The maximum atomic E-state index is 12.6. The van der Waals surface area contributed by atoms with Gasteiger partial charge in [0.05, 0.1) is 6.04 Å². The summed E-state index contributed by atoms with van der Waals surface area (Å²) in [4.78, 5) is 21.3. The Hall–Kier alpha value is -2.95. The van der Waals surface area contributed by atoms with Crippen LogP contribution in [0.3, 0.4) is 0 Å². The molecule has 0 aliphatic carbocycles. The molecule has 5 heteroatoms. The first-order valence-electron chi connectivity index (χ1n) is 9.99. The van der Waals surface area contributed by atoms with Crippen molar-refractivity contribution in [2.24, 2.45) is 5.92 Å². The van der Waals surface area contributed by atoms with Gasteiger partial charge in [-0.05, 0) is 40.7 Å². The number of aromatic hydroxyl groups is 1. The molecule has 0 aliphatic heterocycles. The fraction of sp³-hybridized carbons (Fsp3) is 0.375. The normalized spacial score (nSPS) is 12.9. The number of nitrogens with zero attached hydrogens (tertiary/aromatic N) is 2. The van der Waals surface area contributed by atoms with E-state index in [1.807, 2.05) is 44.2 Å². The number of carbonyl (C=O) groups is 1. The summed E-state index contributed by atoms with van der Waals surface area (Å²) in [5, 5.41) is 15.1. The summed E-state index contributed by atoms with van der Waals surface area (Å²) in [6, 6.07) is 9.07. The summed E-state index contributed by atoms with van der Waals surface area (Å²) in [6.45, 7) is 10.4. The summed E-state index contributed by atoms with van der Waals surface area (Å²) >= 11 is 0. The van der Waals surface area contributed by atoms with E-state index < -0.39 is 6.04 Å². The first kappa shape index (κ1) is 20.8. The number of benzene rings is 1. The zero-order chi connectivity index (χ0) is 21.2. The Bertz CT molecular complexity index is 1010. The van der Waals surface area contributed by atoms with Gasteiger partial charge in [0.2, 0.25) is 5.91 Å². The minimum atomic E-state index is -0.512. The number of phenolic OH excluding ortho intramolecular Hbond substituents is 1. The van der Waals surface area contributed by atoms with Gasteiger partial charge < -0.3 is 10.4 Å². The van der Waals surface area contributed by atoms with Crippen molar-refractivity contribution in [1.29, 1.82) is 0 Å². The number of fused-ring (bicyclic) bond motifs is 1. The number of carbonyl (C=O) groups excluding carboxylic acids is 1. The zero-order valence-electron chi connectivity index (χ0n) is 17.7. The number of phenols is 1. The van der Waals surface area contributed by atoms with Crippen LogP contribution in [-0.2, 0) is 10.2 Å². The van der Waals surface area contributed by atoms with Gasteiger partial charge in [-0.2, -0.15) is 0 Å². The maximum Gasteiger partial charge on any atom is 0.221 e. The van der Waals surface area contributed by atoms with E-state index in [2.05, 4.69) is 36.1 Å². The summed E-state index contributed by atoms with van der Waals surface area (Å²) in [6.07, 6.45) is 5.50. The maximum absolute atomic E-state index is 12.6. The number of aromatic nitrogens is 2. The predicted octanol–water partition coefficient (Wildman–Crippen LogP) is 4.88. The second-order valence-electron chi connectivity index (χ2n) is 8.90. The molecule has 3 aromatic rings. The average Bonchev–Trinajstić information content (AvgIpc) is 2.66. The van der Waals surface area contributed by atoms with Gasteiger partial charge in [-0.3, -0.25) is 14.8 Å². The van der Waals surface area contributed by atoms with Gasteiger partial charge in [0.25, 0.3) is 0 Å². The average molecular weight is 392 g/mol. The molecule has 5 nitrogen and oxygen atoms in total. The Morgan fingerprint density at radius 3 is 2.52 bits per heavy atom. The SMILES string of the molecule is CC(C)CC(=O)NC(c1cccnc1)c1cc(C(C)(C)C)c2cccnc2c1O. The molecule has 0 aliphatic rings. The van der Waals surface area contributed by atoms with Gasteiger partial charge in [-0.25, -0.2) is 0 Å². The van der Waals surface area contributed by atoms with E-state index >= 15 is 0 Å². The van der Waals surface area contributed by atoms with Crippen LogP contribution in [0, 0.1) is 5.92 Å². The molecule has 1 amide bonds. The van der Waals surface area contributed by atoms with E-state index in [-0.39, 0.29) is 23.0 Å². The Morgan fingerprint density at radius 1 is 1.17 bits per heavy atom. The quantitative estimate of drug-likeness (QED) is 0.650. The van der Waals surface area contributed by atoms with Crippen LogP contribution in [0.4, 0.5) is 0 Å². The van der Waals surface area contributed by atoms with Crippen molar-refractivity contribution < 1.29 is 9.90 Å². The van der Waals surface area contributed by atoms with Crippen molar-refractivity contribution in [2.75, 3.05) is 0 Å². The van der Waals surface area contributed by atoms with Gasteiger partial charge in [-0.15, -0.1) is 0 Å². The van der Waals surface area contributed by atoms with Crippen LogP contribution in [0.25, 0.3) is 10.9 Å². The molecular formula is C24H29N3O2. The minimum Gasteiger partial charge on any atom is -0.505 e. The van der Waals surface area contributed by atoms with Crippen molar-refractivity contribution >= 4 is 16.8 Å². The standard InChI is InChI=1S/C24H29N3O2/c1-15(2)12-20(28)27-21(16-8-6-10-25-14-16)18-13-19(24(3,4)5)17-9-7-11-26-22(17)23(18)29/h6-11,13-15,21,29H,12H2,1-5H3,(H,27,28). The minimum absolute atomic E-state index is 0.0633. The van der Waals surface area contributed by atoms with E-state index in [0.29, 0.717) is 17.5 Å². The number of amides is 1. The molecule has 2 aromatic heterocycles. The molecule has 0 saturated carbocycles. The van der Waals surface area contributed by atoms with Gasteiger partial charge in [0.1, 0.15) is 11.3 Å². The highest BCUT2D eigenvalue weighted by Gasteiger charge is 2.27. The van der Waals surface area contributed by atoms with Crippen molar-refractivity contribution in [3.63, 3.8) is 0 Å². The van der Waals surface area contributed by atoms with E-state index in [1.165, 1.54) is 0 Å². The van der Waals surface area contributed by atoms with Crippen molar-refractivity contribution in [2.45, 2.75) is 52.5 Å². The Balaban J connectivity index is 2.22. The third-order valence-corrected chi connectivity index (χ3v) is 4.93. The van der Waals surface area contributed by atoms with Crippen molar-refractivity contribution in [3.8, 4) is 5.75 Å². The summed E-state index contributed by atoms with van der Waals surface area (Å²) < 4.78 is 0. The van der Waals surface area contributed by atoms with Crippen LogP contribution in [0.5, 0.6) is 5.75 Å². The molecule has 2 N–H and O–H groups in total. The lowest BCUT2D eigenvalue weighted by atomic mass is 9.81. The zero-order valence-corrected chi connectivity index (χ0v) is 17.7. The molecule has 29 heavy (non-hydrogen) atoms. The predicted molar refractivity (Wildman–Crippen MR) is 116 cm³/mol. The summed E-state index contributed by atoms with van der Waals surface area (Å²) in [7, 11) is 0. The van der Waals surface area contributed by atoms with Gasteiger partial charge in [0, 0.05) is 36.0 Å². The number of pyridine rings is 2. The third kappa shape index (κ3) is 4.56. The lowest BCUT2D eigenvalue weighted by molar-refractivity contribution is -0.122. The molecule has 1 aromatic carbocycles. The van der Waals surface area contributed by atoms with Crippen LogP contribution >= 0.6 is 0 Å². The number of rotatable bonds is 5. The molecule has 0 bridgehead atoms. The first-order chi connectivity index (χ1) is 13.7. The van der Waals surface area contributed by atoms with Crippen LogP contribution in [0.15, 0.2) is 48.9 Å². The molecule has 0 saturated heterocycles. The molecule has 0 spiro atoms. The molecule has 0 radical (unpaired) electrons. The smallest absolute Gasteiger partial charge is 0.221 e. The monoisotopic (exact) mass is 391 g/mol. The Labute approximate surface area is 172 Å². The fourth-order valence-corrected chi connectivity index (χ4v) is 3.57. The lowest BCUT2D eigenvalue weighted by Gasteiger charge is -2.27. The second kappa shape index (κ2) is 8.19. The Kier molecular flexibility index (Phi) is 5.87. The van der Waals surface area contributed by atoms with Crippen molar-refractivity contribution in [3.05, 3.63) is 65.6 Å².